The summed E-state index contributed by atoms with van der Waals surface area (Å²) in [5, 5.41) is 9.28. The summed E-state index contributed by atoms with van der Waals surface area (Å²) >= 11 is 3.68. The number of thioether (sulfide) groups is 1. The zero-order chi connectivity index (χ0) is 18.6. The van der Waals surface area contributed by atoms with Gasteiger partial charge in [0, 0.05) is 21.2 Å². The lowest BCUT2D eigenvalue weighted by molar-refractivity contribution is -0.115. The maximum Gasteiger partial charge on any atom is 0.398 e. The summed E-state index contributed by atoms with van der Waals surface area (Å²) in [7, 11) is 0. The molecule has 0 atom stereocenters. The van der Waals surface area contributed by atoms with Crippen LogP contribution in [0.4, 0.5) is 18.9 Å². The number of carbonyl (C=O) groups excluding carboxylic acids is 1. The molecule has 0 aliphatic carbocycles. The van der Waals surface area contributed by atoms with Crippen LogP contribution in [0.1, 0.15) is 5.69 Å². The van der Waals surface area contributed by atoms with Gasteiger partial charge in [0.15, 0.2) is 0 Å². The summed E-state index contributed by atoms with van der Waals surface area (Å²) in [4.78, 5) is 17.1. The van der Waals surface area contributed by atoms with Crippen LogP contribution in [0.3, 0.4) is 0 Å². The Labute approximate surface area is 160 Å². The van der Waals surface area contributed by atoms with Crippen LogP contribution in [-0.4, -0.2) is 22.8 Å². The number of nitrogens with one attached hydrogen (secondary N) is 1. The molecule has 3 aromatic rings. The molecule has 0 fully saturated rings. The number of alkyl halides is 3. The van der Waals surface area contributed by atoms with Gasteiger partial charge in [0.1, 0.15) is 5.01 Å². The number of nitrogens with zero attached hydrogens (tertiary/aromatic N) is 1. The summed E-state index contributed by atoms with van der Waals surface area (Å²) in [6.07, 6.45) is -4.20. The van der Waals surface area contributed by atoms with Crippen LogP contribution in [0.2, 0.25) is 0 Å². The Hall–Kier alpha value is -1.84. The molecule has 0 aliphatic heterocycles. The van der Waals surface area contributed by atoms with Crippen LogP contribution in [0.15, 0.2) is 51.4 Å². The largest absolute Gasteiger partial charge is 0.398 e. The fraction of sp³-hybridized carbons (Fsp3) is 0.176. The van der Waals surface area contributed by atoms with E-state index in [9.17, 15) is 18.0 Å². The molecule has 0 aliphatic rings. The Bertz CT molecular complexity index is 876. The third-order valence-electron chi connectivity index (χ3n) is 3.21. The topological polar surface area (TPSA) is 42.0 Å². The van der Waals surface area contributed by atoms with Crippen LogP contribution >= 0.6 is 34.4 Å². The predicted molar refractivity (Wildman–Crippen MR) is 101 cm³/mol. The molecule has 3 nitrogen and oxygen atoms in total. The third kappa shape index (κ3) is 5.33. The third-order valence-corrected chi connectivity index (χ3v) is 5.98. The van der Waals surface area contributed by atoms with Crippen molar-refractivity contribution < 1.29 is 18.0 Å². The molecule has 0 radical (unpaired) electrons. The van der Waals surface area contributed by atoms with E-state index in [1.54, 1.807) is 35.6 Å². The molecule has 1 aromatic carbocycles. The Morgan fingerprint density at radius 3 is 2.73 bits per heavy atom. The van der Waals surface area contributed by atoms with Crippen molar-refractivity contribution in [1.82, 2.24) is 4.98 Å². The van der Waals surface area contributed by atoms with Crippen molar-refractivity contribution in [2.75, 3.05) is 11.1 Å². The van der Waals surface area contributed by atoms with Crippen LogP contribution in [-0.2, 0) is 11.2 Å². The van der Waals surface area contributed by atoms with Gasteiger partial charge in [-0.15, -0.1) is 23.1 Å². The second kappa shape index (κ2) is 8.24. The number of amides is 1. The Kier molecular flexibility index (Phi) is 6.00. The van der Waals surface area contributed by atoms with Gasteiger partial charge in [-0.1, -0.05) is 12.1 Å². The molecule has 0 saturated carbocycles. The number of para-hydroxylation sites is 1. The molecule has 0 unspecified atom stereocenters. The van der Waals surface area contributed by atoms with Gasteiger partial charge >= 0.3 is 6.18 Å². The summed E-state index contributed by atoms with van der Waals surface area (Å²) in [5.74, 6) is -1.32. The molecule has 26 heavy (non-hydrogen) atoms. The van der Waals surface area contributed by atoms with Gasteiger partial charge in [0.25, 0.3) is 0 Å². The molecule has 0 bridgehead atoms. The highest BCUT2D eigenvalue weighted by Gasteiger charge is 2.27. The molecule has 2 aromatic heterocycles. The van der Waals surface area contributed by atoms with Gasteiger partial charge in [-0.3, -0.25) is 4.79 Å². The van der Waals surface area contributed by atoms with Crippen molar-refractivity contribution in [3.05, 3.63) is 52.2 Å². The first kappa shape index (κ1) is 18.9. The Morgan fingerprint density at radius 1 is 1.19 bits per heavy atom. The van der Waals surface area contributed by atoms with Gasteiger partial charge in [-0.05, 0) is 23.6 Å². The highest BCUT2D eigenvalue weighted by atomic mass is 32.2. The molecule has 0 saturated heterocycles. The lowest BCUT2D eigenvalue weighted by atomic mass is 10.3. The van der Waals surface area contributed by atoms with E-state index in [-0.39, 0.29) is 12.3 Å². The van der Waals surface area contributed by atoms with E-state index >= 15 is 0 Å². The predicted octanol–water partition coefficient (Wildman–Crippen LogP) is 5.71. The average molecular weight is 414 g/mol. The van der Waals surface area contributed by atoms with Gasteiger partial charge in [-0.25, -0.2) is 4.98 Å². The zero-order valence-corrected chi connectivity index (χ0v) is 15.7. The fourth-order valence-electron chi connectivity index (χ4n) is 2.12. The summed E-state index contributed by atoms with van der Waals surface area (Å²) in [6.45, 7) is 0. The molecule has 3 rings (SSSR count). The van der Waals surface area contributed by atoms with E-state index in [4.69, 9.17) is 0 Å². The van der Waals surface area contributed by atoms with Crippen molar-refractivity contribution in [3.63, 3.8) is 0 Å². The number of thiazole rings is 1. The van der Waals surface area contributed by atoms with Crippen molar-refractivity contribution in [1.29, 1.82) is 0 Å². The fourth-order valence-corrected chi connectivity index (χ4v) is 4.42. The Balaban J connectivity index is 1.63. The average Bonchev–Trinajstić information content (AvgIpc) is 3.24. The molecule has 1 N–H and O–H groups in total. The monoisotopic (exact) mass is 414 g/mol. The minimum Gasteiger partial charge on any atom is -0.325 e. The van der Waals surface area contributed by atoms with E-state index in [1.165, 1.54) is 11.3 Å². The van der Waals surface area contributed by atoms with Gasteiger partial charge < -0.3 is 5.32 Å². The standard InChI is InChI=1S/C17H13F3N2OS3/c18-17(19,20)10-26-14-4-2-1-3-13(14)22-15(23)7-12-9-25-16(21-12)11-5-6-24-8-11/h1-6,8-9H,7,10H2,(H,22,23). The van der Waals surface area contributed by atoms with Crippen LogP contribution in [0, 0.1) is 0 Å². The van der Waals surface area contributed by atoms with Gasteiger partial charge in [0.2, 0.25) is 5.91 Å². The van der Waals surface area contributed by atoms with Crippen molar-refractivity contribution in [2.45, 2.75) is 17.5 Å². The number of halogens is 3. The highest BCUT2D eigenvalue weighted by molar-refractivity contribution is 7.99. The lowest BCUT2D eigenvalue weighted by Crippen LogP contribution is -2.16. The lowest BCUT2D eigenvalue weighted by Gasteiger charge is -2.11. The minimum absolute atomic E-state index is 0.0684. The number of thiophene rings is 1. The SMILES string of the molecule is O=C(Cc1csc(-c2ccsc2)n1)Nc1ccccc1SCC(F)(F)F. The second-order valence-electron chi connectivity index (χ2n) is 5.28. The summed E-state index contributed by atoms with van der Waals surface area (Å²) < 4.78 is 37.3. The molecule has 136 valence electrons. The zero-order valence-electron chi connectivity index (χ0n) is 13.2. The van der Waals surface area contributed by atoms with E-state index in [1.807, 2.05) is 22.2 Å². The number of carbonyl (C=O) groups is 1. The van der Waals surface area contributed by atoms with Crippen molar-refractivity contribution in [2.24, 2.45) is 0 Å². The number of hydrogen-bond donors (Lipinski definition) is 1. The number of hydrogen-bond acceptors (Lipinski definition) is 5. The summed E-state index contributed by atoms with van der Waals surface area (Å²) in [5.41, 5.74) is 2.02. The normalized spacial score (nSPS) is 11.5. The molecule has 0 spiro atoms. The molecular weight excluding hydrogens is 401 g/mol. The quantitative estimate of drug-likeness (QED) is 0.526. The van der Waals surface area contributed by atoms with Gasteiger partial charge in [0.05, 0.1) is 23.6 Å². The van der Waals surface area contributed by atoms with Crippen molar-refractivity contribution in [3.8, 4) is 10.6 Å². The number of rotatable bonds is 6. The maximum atomic E-state index is 12.4. The smallest absolute Gasteiger partial charge is 0.325 e. The Morgan fingerprint density at radius 2 is 2.00 bits per heavy atom. The molecule has 1 amide bonds. The van der Waals surface area contributed by atoms with E-state index in [2.05, 4.69) is 10.3 Å². The molecule has 2 heterocycles. The van der Waals surface area contributed by atoms with Crippen molar-refractivity contribution >= 4 is 46.0 Å². The number of aromatic nitrogens is 1. The van der Waals surface area contributed by atoms with E-state index in [0.717, 1.165) is 10.6 Å². The van der Waals surface area contributed by atoms with Gasteiger partial charge in [-0.2, -0.15) is 24.5 Å². The first-order valence-electron chi connectivity index (χ1n) is 7.46. The molecular formula is C17H13F3N2OS3. The summed E-state index contributed by atoms with van der Waals surface area (Å²) in [6, 6.07) is 8.42. The number of anilines is 1. The highest BCUT2D eigenvalue weighted by Crippen LogP contribution is 2.32. The van der Waals surface area contributed by atoms with E-state index in [0.29, 0.717) is 28.0 Å². The van der Waals surface area contributed by atoms with Crippen LogP contribution in [0.25, 0.3) is 10.6 Å². The first-order chi connectivity index (χ1) is 12.4. The minimum atomic E-state index is -4.26. The maximum absolute atomic E-state index is 12.4. The van der Waals surface area contributed by atoms with Crippen LogP contribution < -0.4 is 5.32 Å². The number of benzene rings is 1. The van der Waals surface area contributed by atoms with Crippen LogP contribution in [0.5, 0.6) is 0 Å². The van der Waals surface area contributed by atoms with E-state index < -0.39 is 11.9 Å². The molecule has 9 heteroatoms. The first-order valence-corrected chi connectivity index (χ1v) is 10.3. The second-order valence-corrected chi connectivity index (χ2v) is 7.94.